The van der Waals surface area contributed by atoms with Crippen LogP contribution in [0.1, 0.15) is 36.9 Å². The van der Waals surface area contributed by atoms with Gasteiger partial charge >= 0.3 is 0 Å². The van der Waals surface area contributed by atoms with Gasteiger partial charge in [0.25, 0.3) is 17.4 Å². The summed E-state index contributed by atoms with van der Waals surface area (Å²) in [6, 6.07) is 23.4. The van der Waals surface area contributed by atoms with Crippen LogP contribution in [0.5, 0.6) is 11.5 Å². The first-order chi connectivity index (χ1) is 21.4. The van der Waals surface area contributed by atoms with Crippen molar-refractivity contribution in [3.05, 3.63) is 121 Å². The fraction of sp³-hybridized carbons (Fsp3) is 0.235. The van der Waals surface area contributed by atoms with Gasteiger partial charge in [0.1, 0.15) is 0 Å². The Morgan fingerprint density at radius 3 is 2.41 bits per heavy atom. The van der Waals surface area contributed by atoms with E-state index in [9.17, 15) is 14.4 Å². The number of anilines is 1. The summed E-state index contributed by atoms with van der Waals surface area (Å²) in [5.41, 5.74) is 2.88. The molecule has 4 aromatic rings. The van der Waals surface area contributed by atoms with Crippen molar-refractivity contribution < 1.29 is 19.1 Å². The van der Waals surface area contributed by atoms with Gasteiger partial charge in [0, 0.05) is 18.8 Å². The molecule has 224 valence electrons. The molecule has 0 saturated carbocycles. The topological polar surface area (TPSA) is 102 Å². The fourth-order valence-electron chi connectivity index (χ4n) is 5.52. The molecule has 0 unspecified atom stereocenters. The van der Waals surface area contributed by atoms with Crippen LogP contribution in [0.2, 0.25) is 0 Å². The van der Waals surface area contributed by atoms with E-state index in [-0.39, 0.29) is 24.0 Å². The number of ether oxygens (including phenoxy) is 2. The summed E-state index contributed by atoms with van der Waals surface area (Å²) in [5, 5.41) is 2.96. The quantitative estimate of drug-likeness (QED) is 0.327. The lowest BCUT2D eigenvalue weighted by Gasteiger charge is -2.25. The van der Waals surface area contributed by atoms with Crippen molar-refractivity contribution in [3.63, 3.8) is 0 Å². The number of benzene rings is 3. The molecule has 0 spiro atoms. The standard InChI is InChI=1S/C34H32N4O5S/c1-22-30(32(40)36-25-13-7-4-8-14-25)31(24-11-5-3-6-12-24)38-33(41)28(44-34(38)35-22)20-23-15-16-26(27(19-23)42-2)43-21-29(39)37-17-9-10-18-37/h3-8,11-16,19-20,31H,9-10,17-18,21H2,1-2H3,(H,36,40)/b28-20+/t31-/m1/s1. The monoisotopic (exact) mass is 608 g/mol. The summed E-state index contributed by atoms with van der Waals surface area (Å²) in [5.74, 6) is 0.546. The van der Waals surface area contributed by atoms with Crippen molar-refractivity contribution in [3.8, 4) is 11.5 Å². The Morgan fingerprint density at radius 2 is 1.70 bits per heavy atom. The Kier molecular flexibility index (Phi) is 8.42. The first kappa shape index (κ1) is 29.1. The molecule has 1 saturated heterocycles. The number of allylic oxidation sites excluding steroid dienone is 1. The minimum atomic E-state index is -0.656. The molecule has 1 N–H and O–H groups in total. The molecule has 2 aliphatic heterocycles. The largest absolute Gasteiger partial charge is 0.493 e. The van der Waals surface area contributed by atoms with Gasteiger partial charge in [0.05, 0.1) is 29.0 Å². The number of methoxy groups -OCH3 is 1. The maximum atomic E-state index is 14.0. The average molecular weight is 609 g/mol. The van der Waals surface area contributed by atoms with E-state index in [1.165, 1.54) is 18.4 Å². The van der Waals surface area contributed by atoms with Gasteiger partial charge in [-0.05, 0) is 61.2 Å². The van der Waals surface area contributed by atoms with E-state index in [1.54, 1.807) is 29.7 Å². The Balaban J connectivity index is 1.34. The number of nitrogens with one attached hydrogen (secondary N) is 1. The minimum absolute atomic E-state index is 0.0465. The molecule has 3 heterocycles. The molecular formula is C34H32N4O5S. The van der Waals surface area contributed by atoms with Crippen LogP contribution in [0.3, 0.4) is 0 Å². The third-order valence-corrected chi connectivity index (χ3v) is 8.69. The fourth-order valence-corrected chi connectivity index (χ4v) is 6.57. The van der Waals surface area contributed by atoms with E-state index >= 15 is 0 Å². The molecule has 0 bridgehead atoms. The van der Waals surface area contributed by atoms with Crippen LogP contribution in [0.15, 0.2) is 99.9 Å². The molecule has 10 heteroatoms. The second-order valence-electron chi connectivity index (χ2n) is 10.6. The zero-order chi connectivity index (χ0) is 30.6. The third kappa shape index (κ3) is 5.93. The number of fused-ring (bicyclic) bond motifs is 1. The van der Waals surface area contributed by atoms with Crippen LogP contribution in [0.4, 0.5) is 5.69 Å². The van der Waals surface area contributed by atoms with Crippen molar-refractivity contribution in [2.75, 3.05) is 32.1 Å². The first-order valence-electron chi connectivity index (χ1n) is 14.5. The van der Waals surface area contributed by atoms with Crippen LogP contribution in [0, 0.1) is 0 Å². The highest BCUT2D eigenvalue weighted by atomic mass is 32.1. The molecule has 2 aliphatic rings. The maximum absolute atomic E-state index is 14.0. The second kappa shape index (κ2) is 12.7. The molecule has 3 aromatic carbocycles. The van der Waals surface area contributed by atoms with Gasteiger partial charge in [-0.25, -0.2) is 4.99 Å². The number of para-hydroxylation sites is 1. The molecule has 9 nitrogen and oxygen atoms in total. The Bertz CT molecular complexity index is 1910. The van der Waals surface area contributed by atoms with Crippen molar-refractivity contribution >= 4 is 34.9 Å². The Hall–Kier alpha value is -4.96. The number of hydrogen-bond donors (Lipinski definition) is 1. The van der Waals surface area contributed by atoms with Gasteiger partial charge in [-0.2, -0.15) is 0 Å². The molecule has 1 fully saturated rings. The van der Waals surface area contributed by atoms with Crippen LogP contribution >= 0.6 is 11.3 Å². The summed E-state index contributed by atoms with van der Waals surface area (Å²) in [7, 11) is 1.53. The van der Waals surface area contributed by atoms with Crippen molar-refractivity contribution in [1.82, 2.24) is 9.47 Å². The third-order valence-electron chi connectivity index (χ3n) is 7.71. The van der Waals surface area contributed by atoms with Crippen LogP contribution in [-0.2, 0) is 9.59 Å². The predicted octanol–water partition coefficient (Wildman–Crippen LogP) is 3.88. The number of hydrogen-bond acceptors (Lipinski definition) is 7. The summed E-state index contributed by atoms with van der Waals surface area (Å²) in [4.78, 5) is 47.1. The van der Waals surface area contributed by atoms with Crippen LogP contribution in [-0.4, -0.2) is 48.1 Å². The molecule has 0 radical (unpaired) electrons. The van der Waals surface area contributed by atoms with Crippen LogP contribution < -0.4 is 29.7 Å². The molecule has 1 atom stereocenters. The Morgan fingerprint density at radius 1 is 1.00 bits per heavy atom. The van der Waals surface area contributed by atoms with Gasteiger partial charge in [-0.3, -0.25) is 19.0 Å². The molecular weight excluding hydrogens is 576 g/mol. The number of amides is 2. The number of carbonyl (C=O) groups is 2. The number of aromatic nitrogens is 1. The zero-order valence-electron chi connectivity index (χ0n) is 24.5. The normalized spacial score (nSPS) is 16.4. The number of rotatable bonds is 8. The first-order valence-corrected chi connectivity index (χ1v) is 15.3. The van der Waals surface area contributed by atoms with Crippen molar-refractivity contribution in [2.45, 2.75) is 25.8 Å². The summed E-state index contributed by atoms with van der Waals surface area (Å²) in [6.45, 7) is 3.26. The van der Waals surface area contributed by atoms with E-state index in [4.69, 9.17) is 14.5 Å². The number of carbonyl (C=O) groups excluding carboxylic acids is 2. The smallest absolute Gasteiger partial charge is 0.271 e. The van der Waals surface area contributed by atoms with Gasteiger partial charge in [-0.1, -0.05) is 65.9 Å². The van der Waals surface area contributed by atoms with Gasteiger partial charge in [0.2, 0.25) is 0 Å². The molecule has 1 aromatic heterocycles. The Labute approximate surface area is 258 Å². The van der Waals surface area contributed by atoms with E-state index in [2.05, 4.69) is 5.32 Å². The van der Waals surface area contributed by atoms with Gasteiger partial charge in [-0.15, -0.1) is 0 Å². The van der Waals surface area contributed by atoms with E-state index < -0.39 is 6.04 Å². The second-order valence-corrected chi connectivity index (χ2v) is 11.6. The SMILES string of the molecule is COc1cc(/C=c2/sc3n(c2=O)[C@H](c2ccccc2)C(C(=O)Nc2ccccc2)=C(C)N=3)ccc1OCC(=O)N1CCCC1. The molecule has 0 aliphatic carbocycles. The molecule has 6 rings (SSSR count). The summed E-state index contributed by atoms with van der Waals surface area (Å²) >= 11 is 1.26. The highest BCUT2D eigenvalue weighted by molar-refractivity contribution is 7.07. The summed E-state index contributed by atoms with van der Waals surface area (Å²) in [6.07, 6.45) is 3.81. The minimum Gasteiger partial charge on any atom is -0.493 e. The lowest BCUT2D eigenvalue weighted by atomic mass is 9.95. The average Bonchev–Trinajstić information content (AvgIpc) is 3.69. The number of likely N-dealkylation sites (tertiary alicyclic amines) is 1. The lowest BCUT2D eigenvalue weighted by molar-refractivity contribution is -0.132. The van der Waals surface area contributed by atoms with E-state index in [0.717, 1.165) is 37.1 Å². The van der Waals surface area contributed by atoms with Gasteiger partial charge < -0.3 is 19.7 Å². The molecule has 2 amide bonds. The number of nitrogens with zero attached hydrogens (tertiary/aromatic N) is 3. The van der Waals surface area contributed by atoms with Crippen LogP contribution in [0.25, 0.3) is 6.08 Å². The number of thiazole rings is 1. The van der Waals surface area contributed by atoms with Gasteiger partial charge in [0.15, 0.2) is 22.9 Å². The van der Waals surface area contributed by atoms with E-state index in [1.807, 2.05) is 71.6 Å². The highest BCUT2D eigenvalue weighted by Gasteiger charge is 2.32. The molecule has 44 heavy (non-hydrogen) atoms. The van der Waals surface area contributed by atoms with Crippen molar-refractivity contribution in [2.24, 2.45) is 4.99 Å². The predicted molar refractivity (Wildman–Crippen MR) is 170 cm³/mol. The maximum Gasteiger partial charge on any atom is 0.271 e. The lowest BCUT2D eigenvalue weighted by Crippen LogP contribution is -2.40. The highest BCUT2D eigenvalue weighted by Crippen LogP contribution is 2.31. The zero-order valence-corrected chi connectivity index (χ0v) is 25.3. The summed E-state index contributed by atoms with van der Waals surface area (Å²) < 4.78 is 13.4. The van der Waals surface area contributed by atoms with Crippen molar-refractivity contribution in [1.29, 1.82) is 0 Å². The van der Waals surface area contributed by atoms with E-state index in [0.29, 0.717) is 37.8 Å².